The topological polar surface area (TPSA) is 27.1 Å². The van der Waals surface area contributed by atoms with E-state index >= 15 is 0 Å². The fraction of sp³-hybridized carbons (Fsp3) is 0.318. The second kappa shape index (κ2) is 8.55. The number of hydrogen-bond acceptors (Lipinski definition) is 2. The smallest absolute Gasteiger partial charge is 0.360 e. The zero-order valence-corrected chi connectivity index (χ0v) is 17.8. The Bertz CT molecular complexity index is 929. The third-order valence-electron chi connectivity index (χ3n) is 4.62. The molecule has 7 heteroatoms. The Hall–Kier alpha value is -2.38. The predicted octanol–water partition coefficient (Wildman–Crippen LogP) is 6.55. The third-order valence-corrected chi connectivity index (χ3v) is 6.32. The lowest BCUT2D eigenvalue weighted by Gasteiger charge is -2.16. The summed E-state index contributed by atoms with van der Waals surface area (Å²) in [5, 5.41) is 4.45. The maximum atomic E-state index is 13.0. The summed E-state index contributed by atoms with van der Waals surface area (Å²) in [7, 11) is -1.21. The van der Waals surface area contributed by atoms with Crippen molar-refractivity contribution in [2.75, 3.05) is 6.61 Å². The molecule has 3 nitrogen and oxygen atoms in total. The molecule has 0 atom stereocenters. The van der Waals surface area contributed by atoms with Crippen LogP contribution in [0.2, 0.25) is 25.7 Å². The van der Waals surface area contributed by atoms with Gasteiger partial charge in [0, 0.05) is 25.8 Å². The Morgan fingerprint density at radius 3 is 2.17 bits per heavy atom. The van der Waals surface area contributed by atoms with E-state index in [9.17, 15) is 13.2 Å². The average molecular weight is 419 g/mol. The molecule has 0 aliphatic heterocycles. The summed E-state index contributed by atoms with van der Waals surface area (Å²) in [6, 6.07) is 15.9. The number of rotatable bonds is 7. The maximum absolute atomic E-state index is 13.0. The molecule has 1 heterocycles. The number of hydrogen-bond donors (Lipinski definition) is 0. The Morgan fingerprint density at radius 1 is 0.931 bits per heavy atom. The van der Waals surface area contributed by atoms with E-state index in [2.05, 4.69) is 24.7 Å². The number of ether oxygens (including phenoxy) is 1. The fourth-order valence-electron chi connectivity index (χ4n) is 2.96. The van der Waals surface area contributed by atoms with Crippen molar-refractivity contribution in [3.05, 3.63) is 66.4 Å². The molecule has 154 valence electrons. The van der Waals surface area contributed by atoms with Crippen LogP contribution in [0.3, 0.4) is 0 Å². The molecule has 0 saturated heterocycles. The van der Waals surface area contributed by atoms with Crippen molar-refractivity contribution in [1.82, 2.24) is 9.78 Å². The van der Waals surface area contributed by atoms with Crippen LogP contribution >= 0.6 is 0 Å². The van der Waals surface area contributed by atoms with Gasteiger partial charge >= 0.3 is 6.18 Å². The molecule has 0 aliphatic rings. The van der Waals surface area contributed by atoms with Gasteiger partial charge in [0.1, 0.15) is 6.73 Å². The van der Waals surface area contributed by atoms with Gasteiger partial charge in [0.15, 0.2) is 0 Å². The first-order valence-corrected chi connectivity index (χ1v) is 13.2. The molecule has 3 aromatic rings. The van der Waals surface area contributed by atoms with Gasteiger partial charge in [-0.1, -0.05) is 62.1 Å². The molecule has 2 aromatic carbocycles. The van der Waals surface area contributed by atoms with Gasteiger partial charge in [0.2, 0.25) is 0 Å². The molecule has 0 aliphatic carbocycles. The SMILES string of the molecule is C[Si](C)(C)CCOCn1ncc(-c2ccccc2)c1-c1ccc(C(F)(F)F)cc1. The van der Waals surface area contributed by atoms with Crippen LogP contribution in [0.4, 0.5) is 13.2 Å². The van der Waals surface area contributed by atoms with Gasteiger partial charge in [-0.3, -0.25) is 0 Å². The van der Waals surface area contributed by atoms with Crippen molar-refractivity contribution in [3.8, 4) is 22.4 Å². The van der Waals surface area contributed by atoms with Gasteiger partial charge in [-0.2, -0.15) is 18.3 Å². The molecular formula is C22H25F3N2OSi. The van der Waals surface area contributed by atoms with Crippen molar-refractivity contribution < 1.29 is 17.9 Å². The fourth-order valence-corrected chi connectivity index (χ4v) is 3.72. The van der Waals surface area contributed by atoms with Crippen LogP contribution in [-0.4, -0.2) is 24.5 Å². The molecule has 0 spiro atoms. The van der Waals surface area contributed by atoms with Gasteiger partial charge in [0.05, 0.1) is 17.5 Å². The zero-order valence-electron chi connectivity index (χ0n) is 16.8. The third kappa shape index (κ3) is 5.58. The zero-order chi connectivity index (χ0) is 21.1. The predicted molar refractivity (Wildman–Crippen MR) is 112 cm³/mol. The minimum absolute atomic E-state index is 0.258. The minimum atomic E-state index is -4.36. The molecule has 29 heavy (non-hydrogen) atoms. The number of alkyl halides is 3. The molecule has 3 rings (SSSR count). The molecule has 0 saturated carbocycles. The normalized spacial score (nSPS) is 12.3. The summed E-state index contributed by atoms with van der Waals surface area (Å²) in [6.45, 7) is 7.75. The number of benzene rings is 2. The van der Waals surface area contributed by atoms with E-state index in [0.29, 0.717) is 12.2 Å². The Kier molecular flexibility index (Phi) is 6.29. The van der Waals surface area contributed by atoms with E-state index in [4.69, 9.17) is 4.74 Å². The number of aromatic nitrogens is 2. The lowest BCUT2D eigenvalue weighted by atomic mass is 10.0. The summed E-state index contributed by atoms with van der Waals surface area (Å²) in [5.74, 6) is 0. The lowest BCUT2D eigenvalue weighted by molar-refractivity contribution is -0.137. The summed E-state index contributed by atoms with van der Waals surface area (Å²) >= 11 is 0. The molecule has 0 N–H and O–H groups in total. The van der Waals surface area contributed by atoms with Crippen LogP contribution in [0.25, 0.3) is 22.4 Å². The lowest BCUT2D eigenvalue weighted by Crippen LogP contribution is -2.22. The molecule has 0 fully saturated rings. The van der Waals surface area contributed by atoms with Gasteiger partial charge in [-0.15, -0.1) is 0 Å². The van der Waals surface area contributed by atoms with Crippen molar-refractivity contribution in [2.45, 2.75) is 38.6 Å². The van der Waals surface area contributed by atoms with Crippen molar-refractivity contribution in [3.63, 3.8) is 0 Å². The van der Waals surface area contributed by atoms with E-state index in [1.54, 1.807) is 10.9 Å². The second-order valence-corrected chi connectivity index (χ2v) is 13.8. The van der Waals surface area contributed by atoms with E-state index in [1.165, 1.54) is 12.1 Å². The Balaban J connectivity index is 1.92. The molecule has 1 aromatic heterocycles. The highest BCUT2D eigenvalue weighted by Crippen LogP contribution is 2.35. The highest BCUT2D eigenvalue weighted by atomic mass is 28.3. The summed E-state index contributed by atoms with van der Waals surface area (Å²) in [4.78, 5) is 0. The first kappa shape index (κ1) is 21.3. The van der Waals surface area contributed by atoms with Crippen LogP contribution in [0, 0.1) is 0 Å². The van der Waals surface area contributed by atoms with Gasteiger partial charge < -0.3 is 4.74 Å². The van der Waals surface area contributed by atoms with Crippen molar-refractivity contribution in [1.29, 1.82) is 0 Å². The first-order valence-electron chi connectivity index (χ1n) is 9.52. The quantitative estimate of drug-likeness (QED) is 0.321. The van der Waals surface area contributed by atoms with E-state index < -0.39 is 19.8 Å². The average Bonchev–Trinajstić information content (AvgIpc) is 3.08. The summed E-state index contributed by atoms with van der Waals surface area (Å²) < 4.78 is 46.4. The largest absolute Gasteiger partial charge is 0.416 e. The summed E-state index contributed by atoms with van der Waals surface area (Å²) in [6.07, 6.45) is -2.62. The number of nitrogens with zero attached hydrogens (tertiary/aromatic N) is 2. The van der Waals surface area contributed by atoms with Crippen LogP contribution in [0.1, 0.15) is 5.56 Å². The molecule has 0 amide bonds. The van der Waals surface area contributed by atoms with Gasteiger partial charge in [-0.05, 0) is 23.7 Å². The van der Waals surface area contributed by atoms with Crippen molar-refractivity contribution in [2.24, 2.45) is 0 Å². The monoisotopic (exact) mass is 418 g/mol. The standard InChI is InChI=1S/C22H25F3N2OSi/c1-29(2,3)14-13-28-16-27-21(18-9-11-19(12-10-18)22(23,24)25)20(15-26-27)17-7-5-4-6-8-17/h4-12,15H,13-14,16H2,1-3H3. The Morgan fingerprint density at radius 2 is 1.59 bits per heavy atom. The maximum Gasteiger partial charge on any atom is 0.416 e. The van der Waals surface area contributed by atoms with Gasteiger partial charge in [-0.25, -0.2) is 4.68 Å². The van der Waals surface area contributed by atoms with Crippen LogP contribution < -0.4 is 0 Å². The minimum Gasteiger partial charge on any atom is -0.360 e. The molecular weight excluding hydrogens is 393 g/mol. The van der Waals surface area contributed by atoms with E-state index in [1.807, 2.05) is 30.3 Å². The molecule has 0 radical (unpaired) electrons. The summed E-state index contributed by atoms with van der Waals surface area (Å²) in [5.41, 5.74) is 2.57. The highest BCUT2D eigenvalue weighted by molar-refractivity contribution is 6.76. The van der Waals surface area contributed by atoms with Crippen LogP contribution in [-0.2, 0) is 17.6 Å². The first-order chi connectivity index (χ1) is 13.6. The Labute approximate surface area is 170 Å². The van der Waals surface area contributed by atoms with Crippen LogP contribution in [0.5, 0.6) is 0 Å². The van der Waals surface area contributed by atoms with Crippen LogP contribution in [0.15, 0.2) is 60.8 Å². The molecule has 0 bridgehead atoms. The highest BCUT2D eigenvalue weighted by Gasteiger charge is 2.30. The van der Waals surface area contributed by atoms with E-state index in [-0.39, 0.29) is 6.73 Å². The van der Waals surface area contributed by atoms with Crippen molar-refractivity contribution >= 4 is 8.07 Å². The van der Waals surface area contributed by atoms with Gasteiger partial charge in [0.25, 0.3) is 0 Å². The van der Waals surface area contributed by atoms with E-state index in [0.717, 1.165) is 35.0 Å². The number of halogens is 3. The molecule has 0 unspecified atom stereocenters. The second-order valence-electron chi connectivity index (χ2n) is 8.20.